The van der Waals surface area contributed by atoms with Crippen molar-refractivity contribution in [2.24, 2.45) is 0 Å². The Hall–Kier alpha value is -6.85. The lowest BCUT2D eigenvalue weighted by Gasteiger charge is -2.09. The van der Waals surface area contributed by atoms with Crippen LogP contribution in [0.5, 0.6) is 0 Å². The Morgan fingerprint density at radius 2 is 0.920 bits per heavy atom. The average Bonchev–Trinajstić information content (AvgIpc) is 3.87. The molecule has 0 N–H and O–H groups in total. The van der Waals surface area contributed by atoms with Crippen molar-refractivity contribution in [2.75, 3.05) is 0 Å². The summed E-state index contributed by atoms with van der Waals surface area (Å²) in [5.74, 6) is 0.231. The van der Waals surface area contributed by atoms with E-state index in [0.29, 0.717) is 22.3 Å². The van der Waals surface area contributed by atoms with Gasteiger partial charge in [0, 0.05) is 38.2 Å². The summed E-state index contributed by atoms with van der Waals surface area (Å²) in [6.07, 6.45) is 0. The molecule has 5 heteroatoms. The van der Waals surface area contributed by atoms with Gasteiger partial charge in [0.2, 0.25) is 0 Å². The van der Waals surface area contributed by atoms with Crippen LogP contribution in [0.4, 0.5) is 0 Å². The van der Waals surface area contributed by atoms with Crippen LogP contribution in [-0.4, -0.2) is 15.0 Å². The third-order valence-corrected chi connectivity index (χ3v) is 8.51. The fourth-order valence-corrected chi connectivity index (χ4v) is 6.06. The SMILES string of the molecule is [2H]c1c([2H])c([2H])c(-c2c([2H])c([2H])c3oc4c([2H])c([2H])c(-c5nc(-c6ccc(-c7ccccc7)cc6)nc(-c6ccc7c(c6)oc6ccccc67)n5)c([2H])c4c3c2[2H])c([2H])c1[2H]. The molecule has 0 bridgehead atoms. The maximum Gasteiger partial charge on any atom is 0.164 e. The van der Waals surface area contributed by atoms with Crippen molar-refractivity contribution in [2.45, 2.75) is 0 Å². The van der Waals surface area contributed by atoms with E-state index >= 15 is 0 Å². The minimum atomic E-state index is -0.690. The minimum absolute atomic E-state index is 0.142. The van der Waals surface area contributed by atoms with Crippen LogP contribution in [0.15, 0.2) is 172 Å². The lowest BCUT2D eigenvalue weighted by atomic mass is 10.0. The smallest absolute Gasteiger partial charge is 0.164 e. The highest BCUT2D eigenvalue weighted by molar-refractivity contribution is 6.08. The van der Waals surface area contributed by atoms with E-state index in [-0.39, 0.29) is 45.0 Å². The zero-order valence-electron chi connectivity index (χ0n) is 36.9. The van der Waals surface area contributed by atoms with Gasteiger partial charge in [0.05, 0.1) is 15.1 Å². The highest BCUT2D eigenvalue weighted by Crippen LogP contribution is 2.36. The van der Waals surface area contributed by atoms with Gasteiger partial charge < -0.3 is 8.83 Å². The molecule has 10 aromatic rings. The first-order chi connectivity index (χ1) is 29.3. The van der Waals surface area contributed by atoms with Crippen LogP contribution in [0.1, 0.15) is 15.1 Å². The number of rotatable bonds is 5. The average molecular weight is 653 g/mol. The van der Waals surface area contributed by atoms with E-state index in [2.05, 4.69) is 0 Å². The van der Waals surface area contributed by atoms with Crippen molar-refractivity contribution < 1.29 is 23.9 Å². The topological polar surface area (TPSA) is 65.0 Å². The van der Waals surface area contributed by atoms with Gasteiger partial charge in [-0.05, 0) is 70.7 Å². The number of para-hydroxylation sites is 1. The second-order valence-corrected chi connectivity index (χ2v) is 11.6. The molecular formula is C45H27N3O2. The molecule has 0 radical (unpaired) electrons. The molecule has 0 spiro atoms. The predicted molar refractivity (Wildman–Crippen MR) is 202 cm³/mol. The molecule has 0 fully saturated rings. The first kappa shape index (κ1) is 19.2. The summed E-state index contributed by atoms with van der Waals surface area (Å²) in [5, 5.41) is 1.43. The van der Waals surface area contributed by atoms with E-state index in [9.17, 15) is 4.11 Å². The van der Waals surface area contributed by atoms with Gasteiger partial charge in [-0.25, -0.2) is 15.0 Å². The molecular weight excluding hydrogens is 615 g/mol. The third kappa shape index (κ3) is 4.83. The van der Waals surface area contributed by atoms with E-state index < -0.39 is 77.6 Å². The second-order valence-electron chi connectivity index (χ2n) is 11.6. The molecule has 0 saturated carbocycles. The van der Waals surface area contributed by atoms with Gasteiger partial charge in [-0.15, -0.1) is 0 Å². The zero-order chi connectivity index (χ0) is 42.6. The lowest BCUT2D eigenvalue weighted by molar-refractivity contribution is 0.668. The van der Waals surface area contributed by atoms with E-state index in [1.165, 1.54) is 0 Å². The fourth-order valence-electron chi connectivity index (χ4n) is 6.06. The second kappa shape index (κ2) is 11.4. The van der Waals surface area contributed by atoms with Gasteiger partial charge in [0.15, 0.2) is 17.5 Å². The third-order valence-electron chi connectivity index (χ3n) is 8.51. The molecule has 0 saturated heterocycles. The standard InChI is InChI=1S/C45H27N3O2/c1-3-9-28(10-4-1)30-15-17-31(18-16-30)43-46-44(48-45(47-43)34-19-22-36-35-13-7-8-14-39(35)50-42(36)27-34)33-21-24-41-38(26-33)37-25-32(20-23-40(37)49-41)29-11-5-2-6-12-29/h1-27H/i2D,5D,6D,11D,12D,20D,21D,23D,24D,25D,26D. The summed E-state index contributed by atoms with van der Waals surface area (Å²) in [7, 11) is 0. The highest BCUT2D eigenvalue weighted by Gasteiger charge is 2.17. The van der Waals surface area contributed by atoms with Gasteiger partial charge in [0.25, 0.3) is 0 Å². The van der Waals surface area contributed by atoms with Gasteiger partial charge >= 0.3 is 0 Å². The van der Waals surface area contributed by atoms with Crippen molar-refractivity contribution in [1.29, 1.82) is 0 Å². The van der Waals surface area contributed by atoms with Crippen molar-refractivity contribution in [3.63, 3.8) is 0 Å². The molecule has 0 aliphatic carbocycles. The molecule has 0 amide bonds. The van der Waals surface area contributed by atoms with Crippen LogP contribution in [-0.2, 0) is 0 Å². The molecule has 50 heavy (non-hydrogen) atoms. The van der Waals surface area contributed by atoms with Crippen molar-refractivity contribution in [3.8, 4) is 56.4 Å². The Bertz CT molecular complexity index is 3470. The Labute approximate surface area is 302 Å². The number of furan rings is 2. The van der Waals surface area contributed by atoms with Crippen molar-refractivity contribution in [1.82, 2.24) is 15.0 Å². The van der Waals surface area contributed by atoms with E-state index in [0.717, 1.165) is 21.9 Å². The monoisotopic (exact) mass is 652 g/mol. The summed E-state index contributed by atoms with van der Waals surface area (Å²) < 4.78 is 109. The molecule has 7 aromatic carbocycles. The highest BCUT2D eigenvalue weighted by atomic mass is 16.3. The van der Waals surface area contributed by atoms with E-state index in [4.69, 9.17) is 34.8 Å². The molecule has 0 atom stereocenters. The fraction of sp³-hybridized carbons (Fsp3) is 0. The predicted octanol–water partition coefficient (Wildman–Crippen LogP) is 12.0. The van der Waals surface area contributed by atoms with Crippen LogP contribution in [0.3, 0.4) is 0 Å². The van der Waals surface area contributed by atoms with Gasteiger partial charge in [-0.1, -0.05) is 115 Å². The Balaban J connectivity index is 1.23. The zero-order valence-corrected chi connectivity index (χ0v) is 25.9. The van der Waals surface area contributed by atoms with Crippen LogP contribution in [0.2, 0.25) is 0 Å². The molecule has 5 nitrogen and oxygen atoms in total. The van der Waals surface area contributed by atoms with Crippen LogP contribution in [0.25, 0.3) is 100 Å². The Kier molecular flexibility index (Phi) is 4.38. The van der Waals surface area contributed by atoms with Crippen molar-refractivity contribution >= 4 is 43.9 Å². The number of aromatic nitrogens is 3. The van der Waals surface area contributed by atoms with Gasteiger partial charge in [0.1, 0.15) is 22.3 Å². The molecule has 3 heterocycles. The number of hydrogen-bond acceptors (Lipinski definition) is 5. The molecule has 10 rings (SSSR count). The van der Waals surface area contributed by atoms with Crippen LogP contribution >= 0.6 is 0 Å². The van der Waals surface area contributed by atoms with E-state index in [1.807, 2.05) is 91.0 Å². The lowest BCUT2D eigenvalue weighted by Crippen LogP contribution is -2.00. The van der Waals surface area contributed by atoms with Gasteiger partial charge in [-0.3, -0.25) is 0 Å². The summed E-state index contributed by atoms with van der Waals surface area (Å²) in [6.45, 7) is 0. The van der Waals surface area contributed by atoms with Crippen LogP contribution < -0.4 is 0 Å². The molecule has 3 aromatic heterocycles. The molecule has 234 valence electrons. The molecule has 0 aliphatic rings. The maximum atomic E-state index is 9.60. The normalized spacial score (nSPS) is 14.7. The first-order valence-electron chi connectivity index (χ1n) is 21.2. The molecule has 0 unspecified atom stereocenters. The van der Waals surface area contributed by atoms with Crippen LogP contribution in [0, 0.1) is 0 Å². The Morgan fingerprint density at radius 3 is 1.70 bits per heavy atom. The maximum absolute atomic E-state index is 9.60. The minimum Gasteiger partial charge on any atom is -0.456 e. The number of hydrogen-bond donors (Lipinski definition) is 0. The molecule has 0 aliphatic heterocycles. The van der Waals surface area contributed by atoms with E-state index in [1.54, 1.807) is 6.07 Å². The number of fused-ring (bicyclic) bond motifs is 6. The summed E-state index contributed by atoms with van der Waals surface area (Å²) >= 11 is 0. The van der Waals surface area contributed by atoms with Gasteiger partial charge in [-0.2, -0.15) is 0 Å². The first-order valence-corrected chi connectivity index (χ1v) is 15.7. The number of nitrogens with zero attached hydrogens (tertiary/aromatic N) is 3. The summed E-state index contributed by atoms with van der Waals surface area (Å²) in [6, 6.07) is 23.9. The Morgan fingerprint density at radius 1 is 0.360 bits per heavy atom. The summed E-state index contributed by atoms with van der Waals surface area (Å²) in [4.78, 5) is 14.4. The number of benzene rings is 7. The quantitative estimate of drug-likeness (QED) is 0.185. The van der Waals surface area contributed by atoms with Crippen molar-refractivity contribution in [3.05, 3.63) is 164 Å². The largest absolute Gasteiger partial charge is 0.456 e. The summed E-state index contributed by atoms with van der Waals surface area (Å²) in [5.41, 5.74) is 2.59.